The number of hydrogen-bond donors (Lipinski definition) is 1. The summed E-state index contributed by atoms with van der Waals surface area (Å²) >= 11 is 3.45. The number of aromatic nitrogens is 1. The Morgan fingerprint density at radius 2 is 2.13 bits per heavy atom. The average molecular weight is 266 g/mol. The summed E-state index contributed by atoms with van der Waals surface area (Å²) < 4.78 is 1.04. The molecule has 0 aliphatic carbocycles. The van der Waals surface area contributed by atoms with Gasteiger partial charge in [-0.05, 0) is 43.2 Å². The molecule has 2 nitrogen and oxygen atoms in total. The number of aliphatic hydroxyl groups excluding tert-OH is 1. The van der Waals surface area contributed by atoms with E-state index in [9.17, 15) is 0 Å². The second-order valence-electron chi connectivity index (χ2n) is 3.56. The Labute approximate surface area is 97.1 Å². The Hall–Kier alpha value is -0.930. The number of nitrogens with zero attached hydrogens (tertiary/aromatic N) is 1. The normalized spacial score (nSPS) is 10.9. The molecule has 0 aliphatic heterocycles. The summed E-state index contributed by atoms with van der Waals surface area (Å²) in [7, 11) is 0. The minimum Gasteiger partial charge on any atom is -0.396 e. The third-order valence-electron chi connectivity index (χ3n) is 2.37. The molecule has 1 aromatic heterocycles. The van der Waals surface area contributed by atoms with Gasteiger partial charge < -0.3 is 5.11 Å². The van der Waals surface area contributed by atoms with Gasteiger partial charge in [0.05, 0.1) is 5.52 Å². The Balaban J connectivity index is 2.70. The van der Waals surface area contributed by atoms with Crippen LogP contribution in [0.15, 0.2) is 28.7 Å². The quantitative estimate of drug-likeness (QED) is 0.906. The number of halogens is 1. The minimum absolute atomic E-state index is 0.172. The highest BCUT2D eigenvalue weighted by atomic mass is 79.9. The van der Waals surface area contributed by atoms with Crippen molar-refractivity contribution in [2.24, 2.45) is 0 Å². The molecule has 0 atom stereocenters. The molecule has 1 heterocycles. The highest BCUT2D eigenvalue weighted by Gasteiger charge is 2.04. The van der Waals surface area contributed by atoms with E-state index < -0.39 is 0 Å². The van der Waals surface area contributed by atoms with E-state index in [4.69, 9.17) is 5.11 Å². The van der Waals surface area contributed by atoms with E-state index in [1.54, 1.807) is 0 Å². The van der Waals surface area contributed by atoms with Crippen molar-refractivity contribution in [1.82, 2.24) is 4.98 Å². The molecule has 1 N–H and O–H groups in total. The minimum atomic E-state index is 0.172. The summed E-state index contributed by atoms with van der Waals surface area (Å²) in [5.41, 5.74) is 3.14. The van der Waals surface area contributed by atoms with E-state index in [2.05, 4.69) is 20.9 Å². The molecule has 0 spiro atoms. The lowest BCUT2D eigenvalue weighted by atomic mass is 10.1. The molecule has 0 amide bonds. The third kappa shape index (κ3) is 2.19. The van der Waals surface area contributed by atoms with E-state index in [-0.39, 0.29) is 6.61 Å². The van der Waals surface area contributed by atoms with Gasteiger partial charge in [0.25, 0.3) is 0 Å². The fourth-order valence-electron chi connectivity index (χ4n) is 1.74. The van der Waals surface area contributed by atoms with Crippen molar-refractivity contribution in [1.29, 1.82) is 0 Å². The van der Waals surface area contributed by atoms with Crippen molar-refractivity contribution in [2.45, 2.75) is 13.3 Å². The number of aryl methyl sites for hydroxylation is 1. The Morgan fingerprint density at radius 3 is 2.87 bits per heavy atom. The molecule has 3 heteroatoms. The fraction of sp³-hybridized carbons (Fsp3) is 0.250. The second kappa shape index (κ2) is 4.29. The van der Waals surface area contributed by atoms with Gasteiger partial charge in [0, 0.05) is 22.2 Å². The lowest BCUT2D eigenvalue weighted by Crippen LogP contribution is -1.95. The second-order valence-corrected chi connectivity index (χ2v) is 4.47. The summed E-state index contributed by atoms with van der Waals surface area (Å²) in [4.78, 5) is 4.46. The first-order chi connectivity index (χ1) is 7.20. The molecule has 0 aliphatic rings. The van der Waals surface area contributed by atoms with Gasteiger partial charge in [0.1, 0.15) is 0 Å². The first-order valence-corrected chi connectivity index (χ1v) is 5.66. The van der Waals surface area contributed by atoms with Crippen LogP contribution in [-0.4, -0.2) is 16.7 Å². The number of aliphatic hydroxyl groups is 1. The van der Waals surface area contributed by atoms with E-state index >= 15 is 0 Å². The van der Waals surface area contributed by atoms with Crippen molar-refractivity contribution in [3.05, 3.63) is 40.0 Å². The van der Waals surface area contributed by atoms with Gasteiger partial charge in [0.2, 0.25) is 0 Å². The Kier molecular flexibility index (Phi) is 3.03. The van der Waals surface area contributed by atoms with Crippen molar-refractivity contribution in [2.75, 3.05) is 6.61 Å². The smallest absolute Gasteiger partial charge is 0.0708 e. The molecule has 0 unspecified atom stereocenters. The molecule has 15 heavy (non-hydrogen) atoms. The maximum absolute atomic E-state index is 9.01. The summed E-state index contributed by atoms with van der Waals surface area (Å²) in [5.74, 6) is 0. The number of benzene rings is 1. The van der Waals surface area contributed by atoms with Gasteiger partial charge in [-0.2, -0.15) is 0 Å². The van der Waals surface area contributed by atoms with E-state index in [1.807, 2.05) is 31.2 Å². The average Bonchev–Trinajstić information content (AvgIpc) is 2.19. The summed E-state index contributed by atoms with van der Waals surface area (Å²) in [5, 5.41) is 10.1. The standard InChI is InChI=1S/C12H12BrNO/c1-8-6-9(4-5-15)11-7-10(13)2-3-12(11)14-8/h2-3,6-7,15H,4-5H2,1H3. The summed E-state index contributed by atoms with van der Waals surface area (Å²) in [6.45, 7) is 2.15. The predicted octanol–water partition coefficient (Wildman–Crippen LogP) is 2.84. The highest BCUT2D eigenvalue weighted by Crippen LogP contribution is 2.22. The molecular weight excluding hydrogens is 254 g/mol. The topological polar surface area (TPSA) is 33.1 Å². The van der Waals surface area contributed by atoms with Crippen LogP contribution in [0.3, 0.4) is 0 Å². The molecule has 0 radical (unpaired) electrons. The molecule has 1 aromatic carbocycles. The van der Waals surface area contributed by atoms with Gasteiger partial charge in [-0.3, -0.25) is 4.98 Å². The Bertz CT molecular complexity index is 496. The van der Waals surface area contributed by atoms with Gasteiger partial charge >= 0.3 is 0 Å². The number of hydrogen-bond acceptors (Lipinski definition) is 2. The maximum Gasteiger partial charge on any atom is 0.0708 e. The zero-order chi connectivity index (χ0) is 10.8. The van der Waals surface area contributed by atoms with Crippen LogP contribution in [0.5, 0.6) is 0 Å². The van der Waals surface area contributed by atoms with Crippen LogP contribution in [0.4, 0.5) is 0 Å². The molecule has 0 saturated carbocycles. The summed E-state index contributed by atoms with van der Waals surface area (Å²) in [6.07, 6.45) is 0.677. The van der Waals surface area contributed by atoms with E-state index in [1.165, 1.54) is 0 Å². The van der Waals surface area contributed by atoms with Gasteiger partial charge in [-0.1, -0.05) is 15.9 Å². The van der Waals surface area contributed by atoms with E-state index in [0.717, 1.165) is 26.6 Å². The van der Waals surface area contributed by atoms with Gasteiger partial charge in [-0.25, -0.2) is 0 Å². The molecule has 0 saturated heterocycles. The van der Waals surface area contributed by atoms with Gasteiger partial charge in [-0.15, -0.1) is 0 Å². The van der Waals surface area contributed by atoms with Crippen LogP contribution in [0, 0.1) is 6.92 Å². The van der Waals surface area contributed by atoms with Crippen LogP contribution >= 0.6 is 15.9 Å². The monoisotopic (exact) mass is 265 g/mol. The number of rotatable bonds is 2. The first-order valence-electron chi connectivity index (χ1n) is 4.87. The largest absolute Gasteiger partial charge is 0.396 e. The molecule has 78 valence electrons. The molecule has 0 fully saturated rings. The van der Waals surface area contributed by atoms with Crippen LogP contribution < -0.4 is 0 Å². The van der Waals surface area contributed by atoms with Crippen LogP contribution in [0.1, 0.15) is 11.3 Å². The van der Waals surface area contributed by atoms with Gasteiger partial charge in [0.15, 0.2) is 0 Å². The maximum atomic E-state index is 9.01. The van der Waals surface area contributed by atoms with E-state index in [0.29, 0.717) is 6.42 Å². The predicted molar refractivity (Wildman–Crippen MR) is 65.0 cm³/mol. The van der Waals surface area contributed by atoms with Crippen LogP contribution in [-0.2, 0) is 6.42 Å². The lowest BCUT2D eigenvalue weighted by Gasteiger charge is -2.06. The molecule has 2 aromatic rings. The first kappa shape index (κ1) is 10.6. The highest BCUT2D eigenvalue weighted by molar-refractivity contribution is 9.10. The van der Waals surface area contributed by atoms with Crippen LogP contribution in [0.25, 0.3) is 10.9 Å². The lowest BCUT2D eigenvalue weighted by molar-refractivity contribution is 0.300. The summed E-state index contributed by atoms with van der Waals surface area (Å²) in [6, 6.07) is 8.06. The van der Waals surface area contributed by atoms with Crippen molar-refractivity contribution >= 4 is 26.8 Å². The molecular formula is C12H12BrNO. The fourth-order valence-corrected chi connectivity index (χ4v) is 2.10. The van der Waals surface area contributed by atoms with Crippen molar-refractivity contribution < 1.29 is 5.11 Å². The Morgan fingerprint density at radius 1 is 1.33 bits per heavy atom. The van der Waals surface area contributed by atoms with Crippen molar-refractivity contribution in [3.8, 4) is 0 Å². The SMILES string of the molecule is Cc1cc(CCO)c2cc(Br)ccc2n1. The molecule has 2 rings (SSSR count). The molecule has 0 bridgehead atoms. The number of fused-ring (bicyclic) bond motifs is 1. The van der Waals surface area contributed by atoms with Crippen LogP contribution in [0.2, 0.25) is 0 Å². The number of pyridine rings is 1. The zero-order valence-electron chi connectivity index (χ0n) is 8.50. The third-order valence-corrected chi connectivity index (χ3v) is 2.86. The zero-order valence-corrected chi connectivity index (χ0v) is 10.1. The van der Waals surface area contributed by atoms with Crippen molar-refractivity contribution in [3.63, 3.8) is 0 Å².